The van der Waals surface area contributed by atoms with Gasteiger partial charge in [-0.25, -0.2) is 9.97 Å². The van der Waals surface area contributed by atoms with Crippen molar-refractivity contribution in [2.24, 2.45) is 7.05 Å². The largest absolute Gasteiger partial charge is 0.290 e. The normalized spacial score (nSPS) is 13.7. The summed E-state index contributed by atoms with van der Waals surface area (Å²) in [5.74, 6) is 0. The molecule has 120 valence electrons. The molecule has 7 heteroatoms. The third-order valence-electron chi connectivity index (χ3n) is 4.19. The number of fused-ring (bicyclic) bond motifs is 3. The van der Waals surface area contributed by atoms with E-state index in [1.54, 1.807) is 35.1 Å². The average molecular weight is 354 g/mol. The molecule has 0 bridgehead atoms. The Morgan fingerprint density at radius 3 is 2.96 bits per heavy atom. The molecule has 4 rings (SSSR count). The molecule has 0 saturated heterocycles. The Bertz CT molecular complexity index is 1050. The molecule has 0 fully saturated rings. The first-order valence-corrected chi connectivity index (χ1v) is 9.37. The Hall–Kier alpha value is -2.17. The SMILES string of the molecule is Cn1c(Sc2cccc(C#N)n2)nc2sc3c(c2c1=O)CCCC3. The zero-order valence-electron chi connectivity index (χ0n) is 13.1. The summed E-state index contributed by atoms with van der Waals surface area (Å²) < 4.78 is 1.59. The smallest absolute Gasteiger partial charge is 0.262 e. The monoisotopic (exact) mass is 354 g/mol. The van der Waals surface area contributed by atoms with E-state index in [0.29, 0.717) is 15.9 Å². The minimum absolute atomic E-state index is 0.0123. The van der Waals surface area contributed by atoms with Crippen LogP contribution in [0.3, 0.4) is 0 Å². The van der Waals surface area contributed by atoms with E-state index >= 15 is 0 Å². The molecule has 0 atom stereocenters. The number of rotatable bonds is 2. The van der Waals surface area contributed by atoms with Crippen molar-refractivity contribution in [2.75, 3.05) is 0 Å². The van der Waals surface area contributed by atoms with Crippen molar-refractivity contribution in [3.63, 3.8) is 0 Å². The van der Waals surface area contributed by atoms with Crippen LogP contribution in [0.15, 0.2) is 33.2 Å². The molecule has 5 nitrogen and oxygen atoms in total. The van der Waals surface area contributed by atoms with Crippen molar-refractivity contribution < 1.29 is 0 Å². The van der Waals surface area contributed by atoms with E-state index in [1.165, 1.54) is 28.6 Å². The molecule has 1 aliphatic rings. The Kier molecular flexibility index (Phi) is 3.87. The van der Waals surface area contributed by atoms with E-state index in [1.807, 2.05) is 12.1 Å². The van der Waals surface area contributed by atoms with Crippen LogP contribution in [0.25, 0.3) is 10.2 Å². The lowest BCUT2D eigenvalue weighted by molar-refractivity contribution is 0.695. The number of hydrogen-bond donors (Lipinski definition) is 0. The van der Waals surface area contributed by atoms with Gasteiger partial charge in [0.05, 0.1) is 5.39 Å². The molecule has 3 heterocycles. The first-order chi connectivity index (χ1) is 11.7. The Balaban J connectivity index is 1.83. The van der Waals surface area contributed by atoms with Gasteiger partial charge in [-0.1, -0.05) is 6.07 Å². The number of hydrogen-bond acceptors (Lipinski definition) is 6. The summed E-state index contributed by atoms with van der Waals surface area (Å²) in [7, 11) is 1.75. The van der Waals surface area contributed by atoms with Crippen LogP contribution < -0.4 is 5.56 Å². The second kappa shape index (κ2) is 6.04. The minimum Gasteiger partial charge on any atom is -0.290 e. The second-order valence-electron chi connectivity index (χ2n) is 5.72. The summed E-state index contributed by atoms with van der Waals surface area (Å²) in [5.41, 5.74) is 1.58. The third-order valence-corrected chi connectivity index (χ3v) is 6.36. The van der Waals surface area contributed by atoms with E-state index < -0.39 is 0 Å². The van der Waals surface area contributed by atoms with Crippen molar-refractivity contribution in [3.05, 3.63) is 44.7 Å². The van der Waals surface area contributed by atoms with Crippen molar-refractivity contribution in [1.82, 2.24) is 14.5 Å². The fraction of sp³-hybridized carbons (Fsp3) is 0.294. The van der Waals surface area contributed by atoms with Gasteiger partial charge in [-0.3, -0.25) is 9.36 Å². The van der Waals surface area contributed by atoms with Crippen LogP contribution in [-0.2, 0) is 19.9 Å². The zero-order chi connectivity index (χ0) is 16.7. The van der Waals surface area contributed by atoms with Gasteiger partial charge in [0, 0.05) is 11.9 Å². The fourth-order valence-electron chi connectivity index (χ4n) is 2.99. The first-order valence-electron chi connectivity index (χ1n) is 7.73. The van der Waals surface area contributed by atoms with Crippen LogP contribution in [0.5, 0.6) is 0 Å². The summed E-state index contributed by atoms with van der Waals surface area (Å²) in [5, 5.41) is 11.0. The van der Waals surface area contributed by atoms with Gasteiger partial charge in [-0.15, -0.1) is 11.3 Å². The molecule has 0 N–H and O–H groups in total. The van der Waals surface area contributed by atoms with Gasteiger partial charge < -0.3 is 0 Å². The Labute approximate surface area is 147 Å². The van der Waals surface area contributed by atoms with Crippen molar-refractivity contribution in [2.45, 2.75) is 35.9 Å². The molecular weight excluding hydrogens is 340 g/mol. The highest BCUT2D eigenvalue weighted by atomic mass is 32.2. The molecule has 0 spiro atoms. The van der Waals surface area contributed by atoms with Gasteiger partial charge in [0.25, 0.3) is 5.56 Å². The quantitative estimate of drug-likeness (QED) is 0.660. The van der Waals surface area contributed by atoms with Gasteiger partial charge in [-0.05, 0) is 55.1 Å². The summed E-state index contributed by atoms with van der Waals surface area (Å²) in [4.78, 5) is 23.9. The molecule has 24 heavy (non-hydrogen) atoms. The van der Waals surface area contributed by atoms with Gasteiger partial charge in [-0.2, -0.15) is 5.26 Å². The Morgan fingerprint density at radius 1 is 1.29 bits per heavy atom. The highest BCUT2D eigenvalue weighted by molar-refractivity contribution is 7.99. The van der Waals surface area contributed by atoms with E-state index in [2.05, 4.69) is 4.98 Å². The summed E-state index contributed by atoms with van der Waals surface area (Å²) >= 11 is 2.96. The van der Waals surface area contributed by atoms with Gasteiger partial charge in [0.1, 0.15) is 21.6 Å². The lowest BCUT2D eigenvalue weighted by atomic mass is 9.97. The predicted molar refractivity (Wildman–Crippen MR) is 94.6 cm³/mol. The van der Waals surface area contributed by atoms with Crippen LogP contribution in [0, 0.1) is 11.3 Å². The van der Waals surface area contributed by atoms with E-state index in [0.717, 1.165) is 29.5 Å². The number of thiophene rings is 1. The van der Waals surface area contributed by atoms with Crippen LogP contribution >= 0.6 is 23.1 Å². The minimum atomic E-state index is 0.0123. The lowest BCUT2D eigenvalue weighted by Gasteiger charge is -2.10. The van der Waals surface area contributed by atoms with Gasteiger partial charge >= 0.3 is 0 Å². The highest BCUT2D eigenvalue weighted by Crippen LogP contribution is 2.35. The topological polar surface area (TPSA) is 71.6 Å². The maximum atomic E-state index is 12.8. The number of nitriles is 1. The molecule has 0 saturated carbocycles. The summed E-state index contributed by atoms with van der Waals surface area (Å²) in [6, 6.07) is 7.30. The van der Waals surface area contributed by atoms with Crippen LogP contribution in [-0.4, -0.2) is 14.5 Å². The summed E-state index contributed by atoms with van der Waals surface area (Å²) in [6.45, 7) is 0. The first kappa shape index (κ1) is 15.4. The molecule has 0 unspecified atom stereocenters. The van der Waals surface area contributed by atoms with Crippen LogP contribution in [0.2, 0.25) is 0 Å². The number of pyridine rings is 1. The number of aryl methyl sites for hydroxylation is 2. The zero-order valence-corrected chi connectivity index (χ0v) is 14.7. The highest BCUT2D eigenvalue weighted by Gasteiger charge is 2.21. The van der Waals surface area contributed by atoms with Crippen LogP contribution in [0.4, 0.5) is 0 Å². The van der Waals surface area contributed by atoms with Crippen molar-refractivity contribution >= 4 is 33.3 Å². The van der Waals surface area contributed by atoms with Gasteiger partial charge in [0.2, 0.25) is 0 Å². The maximum Gasteiger partial charge on any atom is 0.262 e. The van der Waals surface area contributed by atoms with Crippen molar-refractivity contribution in [1.29, 1.82) is 5.26 Å². The van der Waals surface area contributed by atoms with E-state index in [-0.39, 0.29) is 5.56 Å². The Morgan fingerprint density at radius 2 is 2.12 bits per heavy atom. The molecule has 0 amide bonds. The predicted octanol–water partition coefficient (Wildman–Crippen LogP) is 3.29. The van der Waals surface area contributed by atoms with E-state index in [4.69, 9.17) is 10.2 Å². The average Bonchev–Trinajstić information content (AvgIpc) is 2.98. The molecule has 1 aliphatic carbocycles. The fourth-order valence-corrected chi connectivity index (χ4v) is 5.13. The van der Waals surface area contributed by atoms with Gasteiger partial charge in [0.15, 0.2) is 5.16 Å². The molecule has 0 radical (unpaired) electrons. The number of aromatic nitrogens is 3. The van der Waals surface area contributed by atoms with Crippen LogP contribution in [0.1, 0.15) is 29.0 Å². The molecule has 0 aromatic carbocycles. The maximum absolute atomic E-state index is 12.8. The summed E-state index contributed by atoms with van der Waals surface area (Å²) in [6.07, 6.45) is 4.36. The third kappa shape index (κ3) is 2.52. The number of nitrogens with zero attached hydrogens (tertiary/aromatic N) is 4. The standard InChI is InChI=1S/C17H14N4OS2/c1-21-16(22)14-11-6-2-3-7-12(11)23-15(14)20-17(21)24-13-8-4-5-10(9-18)19-13/h4-5,8H,2-3,6-7H2,1H3. The molecule has 0 aliphatic heterocycles. The lowest BCUT2D eigenvalue weighted by Crippen LogP contribution is -2.20. The van der Waals surface area contributed by atoms with Crippen molar-refractivity contribution in [3.8, 4) is 6.07 Å². The van der Waals surface area contributed by atoms with E-state index in [9.17, 15) is 4.79 Å². The molecule has 3 aromatic rings. The molecular formula is C17H14N4OS2. The second-order valence-corrected chi connectivity index (χ2v) is 7.80. The molecule has 3 aromatic heterocycles.